The molecule has 2 N–H and O–H groups in total. The van der Waals surface area contributed by atoms with Crippen LogP contribution in [0.5, 0.6) is 0 Å². The van der Waals surface area contributed by atoms with Gasteiger partial charge in [-0.15, -0.1) is 0 Å². The van der Waals surface area contributed by atoms with Gasteiger partial charge < -0.3 is 15.2 Å². The van der Waals surface area contributed by atoms with Gasteiger partial charge in [-0.1, -0.05) is 24.3 Å². The van der Waals surface area contributed by atoms with Gasteiger partial charge in [-0.25, -0.2) is 4.79 Å². The van der Waals surface area contributed by atoms with E-state index < -0.39 is 6.09 Å². The number of nitrogens with one attached hydrogen (secondary N) is 1. The summed E-state index contributed by atoms with van der Waals surface area (Å²) in [5.41, 5.74) is 2.44. The molecule has 1 atom stereocenters. The monoisotopic (exact) mass is 278 g/mol. The van der Waals surface area contributed by atoms with Crippen molar-refractivity contribution in [1.82, 2.24) is 10.2 Å². The normalized spacial score (nSPS) is 19.1. The number of likely N-dealkylation sites (tertiary alicyclic amines) is 1. The van der Waals surface area contributed by atoms with Crippen molar-refractivity contribution in [2.75, 3.05) is 26.7 Å². The third-order valence-electron chi connectivity index (χ3n) is 3.68. The van der Waals surface area contributed by atoms with E-state index in [0.717, 1.165) is 38.0 Å². The zero-order valence-corrected chi connectivity index (χ0v) is 11.8. The van der Waals surface area contributed by atoms with Gasteiger partial charge in [0.1, 0.15) is 0 Å². The number of hydrogen-bond donors (Lipinski definition) is 2. The van der Waals surface area contributed by atoms with Crippen LogP contribution in [0.2, 0.25) is 0 Å². The van der Waals surface area contributed by atoms with E-state index in [4.69, 9.17) is 9.84 Å². The second-order valence-electron chi connectivity index (χ2n) is 5.18. The van der Waals surface area contributed by atoms with E-state index in [1.165, 1.54) is 5.56 Å². The molecule has 1 aromatic carbocycles. The van der Waals surface area contributed by atoms with Crippen molar-refractivity contribution >= 4 is 6.09 Å². The molecule has 0 spiro atoms. The zero-order chi connectivity index (χ0) is 14.4. The van der Waals surface area contributed by atoms with Gasteiger partial charge in [0.2, 0.25) is 0 Å². The lowest BCUT2D eigenvalue weighted by molar-refractivity contribution is 0.107. The molecule has 110 valence electrons. The third kappa shape index (κ3) is 4.51. The van der Waals surface area contributed by atoms with Gasteiger partial charge in [0.25, 0.3) is 0 Å². The number of benzene rings is 1. The summed E-state index contributed by atoms with van der Waals surface area (Å²) in [6, 6.07) is 8.39. The van der Waals surface area contributed by atoms with Crippen molar-refractivity contribution in [3.05, 3.63) is 35.4 Å². The Morgan fingerprint density at radius 1 is 1.40 bits per heavy atom. The molecule has 20 heavy (non-hydrogen) atoms. The molecule has 1 fully saturated rings. The Bertz CT molecular complexity index is 433. The van der Waals surface area contributed by atoms with Gasteiger partial charge >= 0.3 is 6.09 Å². The SMILES string of the molecule is COC1CCN(Cc2ccc(CCNC(=O)O)cc2)C1. The largest absolute Gasteiger partial charge is 0.465 e. The first-order valence-corrected chi connectivity index (χ1v) is 6.97. The number of methoxy groups -OCH3 is 1. The number of nitrogens with zero attached hydrogens (tertiary/aromatic N) is 1. The molecule has 0 aromatic heterocycles. The maximum absolute atomic E-state index is 10.4. The molecule has 1 aliphatic rings. The van der Waals surface area contributed by atoms with Crippen LogP contribution in [0.25, 0.3) is 0 Å². The molecule has 5 heteroatoms. The maximum Gasteiger partial charge on any atom is 0.404 e. The van der Waals surface area contributed by atoms with Gasteiger partial charge in [0, 0.05) is 33.3 Å². The number of carbonyl (C=O) groups is 1. The fraction of sp³-hybridized carbons (Fsp3) is 0.533. The summed E-state index contributed by atoms with van der Waals surface area (Å²) >= 11 is 0. The highest BCUT2D eigenvalue weighted by Gasteiger charge is 2.21. The highest BCUT2D eigenvalue weighted by molar-refractivity contribution is 5.64. The number of hydrogen-bond acceptors (Lipinski definition) is 3. The van der Waals surface area contributed by atoms with Crippen LogP contribution in [-0.4, -0.2) is 48.9 Å². The van der Waals surface area contributed by atoms with Crippen LogP contribution in [0.1, 0.15) is 17.5 Å². The molecule has 1 unspecified atom stereocenters. The van der Waals surface area contributed by atoms with E-state index in [0.29, 0.717) is 12.6 Å². The molecular weight excluding hydrogens is 256 g/mol. The third-order valence-corrected chi connectivity index (χ3v) is 3.68. The van der Waals surface area contributed by atoms with Crippen LogP contribution in [0.3, 0.4) is 0 Å². The van der Waals surface area contributed by atoms with E-state index in [1.54, 1.807) is 7.11 Å². The van der Waals surface area contributed by atoms with Crippen LogP contribution < -0.4 is 5.32 Å². The van der Waals surface area contributed by atoms with Gasteiger partial charge in [-0.2, -0.15) is 0 Å². The first-order chi connectivity index (χ1) is 9.67. The van der Waals surface area contributed by atoms with Gasteiger partial charge in [-0.05, 0) is 24.0 Å². The summed E-state index contributed by atoms with van der Waals surface area (Å²) in [5.74, 6) is 0. The van der Waals surface area contributed by atoms with Crippen molar-refractivity contribution in [3.8, 4) is 0 Å². The minimum atomic E-state index is -0.969. The summed E-state index contributed by atoms with van der Waals surface area (Å²) in [7, 11) is 1.77. The summed E-state index contributed by atoms with van der Waals surface area (Å²) in [5, 5.41) is 10.9. The molecule has 2 rings (SSSR count). The van der Waals surface area contributed by atoms with Crippen molar-refractivity contribution in [2.45, 2.75) is 25.5 Å². The fourth-order valence-electron chi connectivity index (χ4n) is 2.52. The van der Waals surface area contributed by atoms with Crippen molar-refractivity contribution in [3.63, 3.8) is 0 Å². The number of amides is 1. The molecule has 1 amide bonds. The minimum Gasteiger partial charge on any atom is -0.465 e. The van der Waals surface area contributed by atoms with Gasteiger partial charge in [0.15, 0.2) is 0 Å². The van der Waals surface area contributed by atoms with Gasteiger partial charge in [-0.3, -0.25) is 4.90 Å². The summed E-state index contributed by atoms with van der Waals surface area (Å²) in [6.07, 6.45) is 1.23. The summed E-state index contributed by atoms with van der Waals surface area (Å²) < 4.78 is 5.37. The minimum absolute atomic E-state index is 0.372. The lowest BCUT2D eigenvalue weighted by atomic mass is 10.1. The molecule has 0 bridgehead atoms. The second kappa shape index (κ2) is 7.26. The Morgan fingerprint density at radius 2 is 2.10 bits per heavy atom. The Morgan fingerprint density at radius 3 is 2.70 bits per heavy atom. The van der Waals surface area contributed by atoms with E-state index in [9.17, 15) is 4.79 Å². The average Bonchev–Trinajstić information content (AvgIpc) is 2.88. The van der Waals surface area contributed by atoms with E-state index >= 15 is 0 Å². The predicted octanol–water partition coefficient (Wildman–Crippen LogP) is 1.72. The molecular formula is C15H22N2O3. The first kappa shape index (κ1) is 14.8. The van der Waals surface area contributed by atoms with Crippen molar-refractivity contribution in [1.29, 1.82) is 0 Å². The Balaban J connectivity index is 1.78. The standard InChI is InChI=1S/C15H22N2O3/c1-20-14-7-9-17(11-14)10-13-4-2-12(3-5-13)6-8-16-15(18)19/h2-5,14,16H,6-11H2,1H3,(H,18,19). The number of carboxylic acid groups (broad SMARTS) is 1. The Hall–Kier alpha value is -1.59. The lowest BCUT2D eigenvalue weighted by Crippen LogP contribution is -2.23. The molecule has 1 aromatic rings. The van der Waals surface area contributed by atoms with E-state index in [1.807, 2.05) is 0 Å². The maximum atomic E-state index is 10.4. The Labute approximate surface area is 119 Å². The second-order valence-corrected chi connectivity index (χ2v) is 5.18. The summed E-state index contributed by atoms with van der Waals surface area (Å²) in [6.45, 7) is 3.49. The van der Waals surface area contributed by atoms with Crippen molar-refractivity contribution in [2.24, 2.45) is 0 Å². The molecule has 1 heterocycles. The van der Waals surface area contributed by atoms with Crippen LogP contribution in [0.15, 0.2) is 24.3 Å². The first-order valence-electron chi connectivity index (χ1n) is 6.97. The van der Waals surface area contributed by atoms with E-state index in [-0.39, 0.29) is 0 Å². The number of ether oxygens (including phenoxy) is 1. The van der Waals surface area contributed by atoms with Crippen LogP contribution in [0.4, 0.5) is 4.79 Å². The molecule has 1 saturated heterocycles. The highest BCUT2D eigenvalue weighted by Crippen LogP contribution is 2.15. The Kier molecular flexibility index (Phi) is 5.38. The molecule has 5 nitrogen and oxygen atoms in total. The topological polar surface area (TPSA) is 61.8 Å². The van der Waals surface area contributed by atoms with Crippen LogP contribution in [-0.2, 0) is 17.7 Å². The van der Waals surface area contributed by atoms with Crippen molar-refractivity contribution < 1.29 is 14.6 Å². The van der Waals surface area contributed by atoms with Crippen LogP contribution in [0, 0.1) is 0 Å². The number of rotatable bonds is 6. The predicted molar refractivity (Wildman–Crippen MR) is 76.9 cm³/mol. The van der Waals surface area contributed by atoms with E-state index in [2.05, 4.69) is 34.5 Å². The lowest BCUT2D eigenvalue weighted by Gasteiger charge is -2.15. The fourth-order valence-corrected chi connectivity index (χ4v) is 2.52. The average molecular weight is 278 g/mol. The quantitative estimate of drug-likeness (QED) is 0.831. The van der Waals surface area contributed by atoms with Crippen LogP contribution >= 0.6 is 0 Å². The molecule has 0 radical (unpaired) electrons. The molecule has 0 aliphatic carbocycles. The van der Waals surface area contributed by atoms with Gasteiger partial charge in [0.05, 0.1) is 6.10 Å². The highest BCUT2D eigenvalue weighted by atomic mass is 16.5. The molecule has 1 aliphatic heterocycles. The summed E-state index contributed by atoms with van der Waals surface area (Å²) in [4.78, 5) is 12.8. The smallest absolute Gasteiger partial charge is 0.404 e. The molecule has 0 saturated carbocycles. The zero-order valence-electron chi connectivity index (χ0n) is 11.8.